The summed E-state index contributed by atoms with van der Waals surface area (Å²) in [4.78, 5) is 12.8. The van der Waals surface area contributed by atoms with Gasteiger partial charge >= 0.3 is 0 Å². The molecule has 0 bridgehead atoms. The fraction of sp³-hybridized carbons (Fsp3) is 0.538. The summed E-state index contributed by atoms with van der Waals surface area (Å²) in [7, 11) is 0. The van der Waals surface area contributed by atoms with Gasteiger partial charge in [0, 0.05) is 30.4 Å². The molecular weight excluding hydrogens is 230 g/mol. The first kappa shape index (κ1) is 14.4. The summed E-state index contributed by atoms with van der Waals surface area (Å²) in [5, 5.41) is 14.0. The quantitative estimate of drug-likeness (QED) is 0.598. The normalized spacial score (nSPS) is 10.7. The molecule has 0 heterocycles. The lowest BCUT2D eigenvalue weighted by Crippen LogP contribution is -2.28. The lowest BCUT2D eigenvalue weighted by Gasteiger charge is -2.18. The van der Waals surface area contributed by atoms with Crippen molar-refractivity contribution in [2.24, 2.45) is 0 Å². The molecule has 0 aliphatic heterocycles. The van der Waals surface area contributed by atoms with Crippen molar-refractivity contribution in [1.29, 1.82) is 0 Å². The van der Waals surface area contributed by atoms with Crippen LogP contribution in [0, 0.1) is 17.0 Å². The first-order valence-electron chi connectivity index (χ1n) is 6.29. The Bertz CT molecular complexity index is 403. The highest BCUT2D eigenvalue weighted by atomic mass is 16.6. The van der Waals surface area contributed by atoms with Crippen molar-refractivity contribution < 1.29 is 4.92 Å². The van der Waals surface area contributed by atoms with Crippen LogP contribution >= 0.6 is 0 Å². The van der Waals surface area contributed by atoms with Gasteiger partial charge in [0.05, 0.1) is 4.92 Å². The predicted octanol–water partition coefficient (Wildman–Crippen LogP) is 2.66. The van der Waals surface area contributed by atoms with Crippen molar-refractivity contribution >= 4 is 11.4 Å². The molecule has 0 amide bonds. The molecule has 1 aromatic rings. The summed E-state index contributed by atoms with van der Waals surface area (Å²) < 4.78 is 0. The van der Waals surface area contributed by atoms with E-state index in [9.17, 15) is 10.1 Å². The van der Waals surface area contributed by atoms with Crippen LogP contribution in [0.25, 0.3) is 0 Å². The van der Waals surface area contributed by atoms with Crippen LogP contribution in [0.3, 0.4) is 0 Å². The van der Waals surface area contributed by atoms with E-state index in [2.05, 4.69) is 24.1 Å². The number of anilines is 1. The highest BCUT2D eigenvalue weighted by Gasteiger charge is 2.10. The third-order valence-electron chi connectivity index (χ3n) is 3.06. The Labute approximate surface area is 108 Å². The van der Waals surface area contributed by atoms with Crippen molar-refractivity contribution in [3.05, 3.63) is 33.9 Å². The van der Waals surface area contributed by atoms with Gasteiger partial charge in [0.2, 0.25) is 0 Å². The molecule has 0 atom stereocenters. The second-order valence-corrected chi connectivity index (χ2v) is 4.21. The standard InChI is InChI=1S/C13H21N3O2/c1-4-15(5-2)9-8-14-12-7-6-11(3)13(10-12)16(17)18/h6-7,10,14H,4-5,8-9H2,1-3H3. The number of nitrogens with one attached hydrogen (secondary N) is 1. The number of hydrogen-bond donors (Lipinski definition) is 1. The highest BCUT2D eigenvalue weighted by molar-refractivity contribution is 5.54. The minimum atomic E-state index is -0.342. The maximum atomic E-state index is 10.8. The molecule has 0 radical (unpaired) electrons. The number of benzene rings is 1. The Kier molecular flexibility index (Phi) is 5.58. The topological polar surface area (TPSA) is 58.4 Å². The van der Waals surface area contributed by atoms with E-state index in [1.807, 2.05) is 6.07 Å². The monoisotopic (exact) mass is 251 g/mol. The highest BCUT2D eigenvalue weighted by Crippen LogP contribution is 2.21. The van der Waals surface area contributed by atoms with Gasteiger partial charge in [-0.25, -0.2) is 0 Å². The van der Waals surface area contributed by atoms with Crippen LogP contribution in [0.1, 0.15) is 19.4 Å². The third kappa shape index (κ3) is 4.00. The molecule has 0 fully saturated rings. The summed E-state index contributed by atoms with van der Waals surface area (Å²) in [6.45, 7) is 9.77. The van der Waals surface area contributed by atoms with Gasteiger partial charge in [0.25, 0.3) is 5.69 Å². The van der Waals surface area contributed by atoms with Crippen molar-refractivity contribution in [3.8, 4) is 0 Å². The number of aryl methyl sites for hydroxylation is 1. The molecule has 0 aliphatic rings. The van der Waals surface area contributed by atoms with E-state index in [0.717, 1.165) is 31.9 Å². The SMILES string of the molecule is CCN(CC)CCNc1ccc(C)c([N+](=O)[O-])c1. The van der Waals surface area contributed by atoms with Crippen molar-refractivity contribution in [2.45, 2.75) is 20.8 Å². The summed E-state index contributed by atoms with van der Waals surface area (Å²) in [6, 6.07) is 5.25. The minimum absolute atomic E-state index is 0.169. The molecular formula is C13H21N3O2. The van der Waals surface area contributed by atoms with E-state index in [1.54, 1.807) is 19.1 Å². The van der Waals surface area contributed by atoms with Gasteiger partial charge in [-0.1, -0.05) is 19.9 Å². The van der Waals surface area contributed by atoms with Gasteiger partial charge in [-0.2, -0.15) is 0 Å². The second kappa shape index (κ2) is 6.96. The van der Waals surface area contributed by atoms with E-state index in [0.29, 0.717) is 5.56 Å². The van der Waals surface area contributed by atoms with Gasteiger partial charge in [-0.05, 0) is 26.1 Å². The van der Waals surface area contributed by atoms with E-state index < -0.39 is 0 Å². The average molecular weight is 251 g/mol. The smallest absolute Gasteiger partial charge is 0.274 e. The van der Waals surface area contributed by atoms with Crippen LogP contribution in [0.5, 0.6) is 0 Å². The van der Waals surface area contributed by atoms with E-state index >= 15 is 0 Å². The van der Waals surface area contributed by atoms with Crippen LogP contribution in [0.15, 0.2) is 18.2 Å². The fourth-order valence-electron chi connectivity index (χ4n) is 1.81. The summed E-state index contributed by atoms with van der Waals surface area (Å²) >= 11 is 0. The minimum Gasteiger partial charge on any atom is -0.384 e. The second-order valence-electron chi connectivity index (χ2n) is 4.21. The van der Waals surface area contributed by atoms with Crippen LogP contribution in [-0.4, -0.2) is 36.0 Å². The van der Waals surface area contributed by atoms with Gasteiger partial charge < -0.3 is 10.2 Å². The molecule has 0 saturated carbocycles. The van der Waals surface area contributed by atoms with Crippen LogP contribution in [-0.2, 0) is 0 Å². The molecule has 0 saturated heterocycles. The van der Waals surface area contributed by atoms with E-state index in [1.165, 1.54) is 0 Å². The molecule has 0 aromatic heterocycles. The Balaban J connectivity index is 2.58. The molecule has 18 heavy (non-hydrogen) atoms. The zero-order valence-corrected chi connectivity index (χ0v) is 11.3. The van der Waals surface area contributed by atoms with Crippen molar-refractivity contribution in [3.63, 3.8) is 0 Å². The molecule has 0 unspecified atom stereocenters. The van der Waals surface area contributed by atoms with Crippen LogP contribution < -0.4 is 5.32 Å². The zero-order chi connectivity index (χ0) is 13.5. The number of rotatable bonds is 7. The third-order valence-corrected chi connectivity index (χ3v) is 3.06. The number of nitro groups is 1. The number of likely N-dealkylation sites (N-methyl/N-ethyl adjacent to an activating group) is 1. The summed E-state index contributed by atoms with van der Waals surface area (Å²) in [6.07, 6.45) is 0. The van der Waals surface area contributed by atoms with Crippen molar-refractivity contribution in [1.82, 2.24) is 4.90 Å². The molecule has 1 rings (SSSR count). The molecule has 1 aromatic carbocycles. The molecule has 1 N–H and O–H groups in total. The molecule has 100 valence electrons. The molecule has 0 spiro atoms. The van der Waals surface area contributed by atoms with Crippen molar-refractivity contribution in [2.75, 3.05) is 31.5 Å². The van der Waals surface area contributed by atoms with Gasteiger partial charge in [-0.3, -0.25) is 10.1 Å². The Morgan fingerprint density at radius 2 is 2.00 bits per heavy atom. The number of nitrogens with zero attached hydrogens (tertiary/aromatic N) is 2. The summed E-state index contributed by atoms with van der Waals surface area (Å²) in [5.41, 5.74) is 1.66. The van der Waals surface area contributed by atoms with Gasteiger partial charge in [0.15, 0.2) is 0 Å². The van der Waals surface area contributed by atoms with Crippen LogP contribution in [0.4, 0.5) is 11.4 Å². The first-order valence-corrected chi connectivity index (χ1v) is 6.29. The lowest BCUT2D eigenvalue weighted by atomic mass is 10.2. The Hall–Kier alpha value is -1.62. The first-order chi connectivity index (χ1) is 8.58. The maximum Gasteiger partial charge on any atom is 0.274 e. The zero-order valence-electron chi connectivity index (χ0n) is 11.3. The molecule has 5 nitrogen and oxygen atoms in total. The maximum absolute atomic E-state index is 10.8. The fourth-order valence-corrected chi connectivity index (χ4v) is 1.81. The number of hydrogen-bond acceptors (Lipinski definition) is 4. The predicted molar refractivity (Wildman–Crippen MR) is 74.1 cm³/mol. The van der Waals surface area contributed by atoms with Gasteiger partial charge in [-0.15, -0.1) is 0 Å². The van der Waals surface area contributed by atoms with E-state index in [-0.39, 0.29) is 10.6 Å². The van der Waals surface area contributed by atoms with Crippen LogP contribution in [0.2, 0.25) is 0 Å². The summed E-state index contributed by atoms with van der Waals surface area (Å²) in [5.74, 6) is 0. The lowest BCUT2D eigenvalue weighted by molar-refractivity contribution is -0.385. The largest absolute Gasteiger partial charge is 0.384 e. The number of nitro benzene ring substituents is 1. The molecule has 5 heteroatoms. The Morgan fingerprint density at radius 1 is 1.33 bits per heavy atom. The van der Waals surface area contributed by atoms with Gasteiger partial charge in [0.1, 0.15) is 0 Å². The Morgan fingerprint density at radius 3 is 2.56 bits per heavy atom. The average Bonchev–Trinajstić information content (AvgIpc) is 2.36. The van der Waals surface area contributed by atoms with E-state index in [4.69, 9.17) is 0 Å². The molecule has 0 aliphatic carbocycles.